The summed E-state index contributed by atoms with van der Waals surface area (Å²) < 4.78 is 52.6. The predicted octanol–water partition coefficient (Wildman–Crippen LogP) is 4.17. The zero-order valence-electron chi connectivity index (χ0n) is 35.6. The topological polar surface area (TPSA) is 192 Å². The van der Waals surface area contributed by atoms with Gasteiger partial charge in [-0.2, -0.15) is 0 Å². The fourth-order valence-corrected chi connectivity index (χ4v) is 8.91. The molecule has 1 aromatic heterocycles. The van der Waals surface area contributed by atoms with E-state index in [0.29, 0.717) is 17.7 Å². The first-order chi connectivity index (χ1) is 27.6. The highest BCUT2D eigenvalue weighted by atomic mass is 19.1. The van der Waals surface area contributed by atoms with E-state index in [1.807, 2.05) is 24.0 Å². The largest absolute Gasteiger partial charge is 0.464 e. The Bertz CT molecular complexity index is 1840. The fraction of sp³-hybridized carbons (Fsp3) is 0.651. The van der Waals surface area contributed by atoms with Crippen molar-refractivity contribution in [1.82, 2.24) is 15.5 Å². The Labute approximate surface area is 345 Å². The lowest BCUT2D eigenvalue weighted by molar-refractivity contribution is -0.295. The monoisotopic (exact) mass is 829 g/mol. The molecule has 0 radical (unpaired) electrons. The van der Waals surface area contributed by atoms with Crippen LogP contribution in [0, 0.1) is 17.8 Å². The van der Waals surface area contributed by atoms with E-state index in [1.165, 1.54) is 21.0 Å². The number of hydrogen-bond acceptors (Lipinski definition) is 13. The van der Waals surface area contributed by atoms with E-state index in [4.69, 9.17) is 28.1 Å². The number of ketones is 2. The quantitative estimate of drug-likeness (QED) is 0.229. The second-order valence-electron chi connectivity index (χ2n) is 17.2. The van der Waals surface area contributed by atoms with Gasteiger partial charge in [-0.1, -0.05) is 39.0 Å². The van der Waals surface area contributed by atoms with Crippen LogP contribution in [-0.2, 0) is 49.3 Å². The first-order valence-electron chi connectivity index (χ1n) is 20.2. The molecule has 3 saturated heterocycles. The third-order valence-electron chi connectivity index (χ3n) is 12.4. The number of cyclic esters (lactones) is 1. The number of hydrogen-bond donors (Lipinski definition) is 3. The number of carbonyl (C=O) groups excluding carboxylic acids is 5. The molecule has 0 saturated carbocycles. The lowest BCUT2D eigenvalue weighted by Gasteiger charge is -2.47. The van der Waals surface area contributed by atoms with E-state index >= 15 is 4.39 Å². The molecule has 15 nitrogen and oxygen atoms in total. The first-order valence-corrected chi connectivity index (χ1v) is 20.2. The Morgan fingerprint density at radius 2 is 1.76 bits per heavy atom. The van der Waals surface area contributed by atoms with E-state index in [-0.39, 0.29) is 49.6 Å². The number of aliphatic hydroxyl groups excluding tert-OH is 1. The average Bonchev–Trinajstić information content (AvgIpc) is 3.84. The van der Waals surface area contributed by atoms with Crippen molar-refractivity contribution >= 4 is 29.5 Å². The predicted molar refractivity (Wildman–Crippen MR) is 212 cm³/mol. The number of benzene rings is 1. The van der Waals surface area contributed by atoms with Crippen LogP contribution in [0.5, 0.6) is 0 Å². The van der Waals surface area contributed by atoms with E-state index in [0.717, 1.165) is 12.5 Å². The lowest BCUT2D eigenvalue weighted by atomic mass is 9.73. The zero-order chi connectivity index (χ0) is 43.6. The van der Waals surface area contributed by atoms with E-state index in [2.05, 4.69) is 10.6 Å². The van der Waals surface area contributed by atoms with Crippen molar-refractivity contribution in [3.63, 3.8) is 0 Å². The van der Waals surface area contributed by atoms with Crippen molar-refractivity contribution in [3.8, 4) is 11.3 Å². The van der Waals surface area contributed by atoms with Crippen LogP contribution < -0.4 is 10.6 Å². The smallest absolute Gasteiger partial charge is 0.408 e. The fourth-order valence-electron chi connectivity index (χ4n) is 8.91. The Morgan fingerprint density at radius 3 is 2.41 bits per heavy atom. The number of halogens is 1. The molecule has 0 bridgehead atoms. The number of methoxy groups -OCH3 is 1. The minimum Gasteiger partial charge on any atom is -0.464 e. The number of ether oxygens (including phenoxy) is 5. The van der Waals surface area contributed by atoms with Crippen molar-refractivity contribution in [2.24, 2.45) is 17.8 Å². The number of aliphatic hydroxyl groups is 1. The summed E-state index contributed by atoms with van der Waals surface area (Å²) in [5.41, 5.74) is -5.02. The van der Waals surface area contributed by atoms with Gasteiger partial charge in [-0.05, 0) is 78.4 Å². The Morgan fingerprint density at radius 1 is 1.05 bits per heavy atom. The lowest BCUT2D eigenvalue weighted by Crippen LogP contribution is -2.61. The summed E-state index contributed by atoms with van der Waals surface area (Å²) in [7, 11) is 4.98. The highest BCUT2D eigenvalue weighted by Gasteiger charge is 2.59. The summed E-state index contributed by atoms with van der Waals surface area (Å²) in [5.74, 6) is -5.99. The standard InChI is InChI=1S/C43H60FN3O12/c1-23-22-41(5,54-10)37(58-38-34(50)29(47(8)9)19-24(2)56-38)26(4)36(51)42(6,44)39(52)57-31(43(7)35(25(3)33(23)49)46-40(53)59-43)16-17-45-32(48)21-27-13-11-14-28(20-27)30-15-12-18-55-30/h11-15,18,20,23-26,29,31,34-35,37-38,50H,16-17,19,21-22H2,1-10H3,(H,45,48)(H,46,53)/t23-,24?,25+,26+,29?,31-,34?,35-,37-,38?,41-,42+,43-/m1/s1. The van der Waals surface area contributed by atoms with Crippen LogP contribution in [0.2, 0.25) is 0 Å². The highest BCUT2D eigenvalue weighted by Crippen LogP contribution is 2.41. The SMILES string of the molecule is CO[C@]1(C)C[C@@H](C)C(=O)[C@H](C)[C@H]2NC(=O)O[C@]2(C)[C@@H](CCNC(=O)Cc2cccc(-c3ccco3)c2)OC(=O)[C@@](C)(F)C(=O)[C@H](C)[C@H]1OC1OC(C)CC(N(C)C)C1O. The summed E-state index contributed by atoms with van der Waals surface area (Å²) in [6.45, 7) is 10.2. The van der Waals surface area contributed by atoms with Gasteiger partial charge in [0.15, 0.2) is 17.7 Å². The molecule has 59 heavy (non-hydrogen) atoms. The average molecular weight is 830 g/mol. The van der Waals surface area contributed by atoms with Crippen molar-refractivity contribution in [3.05, 3.63) is 48.2 Å². The Hall–Kier alpha value is -4.22. The van der Waals surface area contributed by atoms with E-state index < -0.39 is 83.1 Å². The van der Waals surface area contributed by atoms with Crippen molar-refractivity contribution < 1.29 is 61.6 Å². The van der Waals surface area contributed by atoms with Crippen molar-refractivity contribution in [1.29, 1.82) is 0 Å². The second kappa shape index (κ2) is 18.2. The second-order valence-corrected chi connectivity index (χ2v) is 17.2. The zero-order valence-corrected chi connectivity index (χ0v) is 35.6. The number of esters is 1. The summed E-state index contributed by atoms with van der Waals surface area (Å²) in [6.07, 6.45) is -4.72. The number of rotatable bonds is 10. The molecular formula is C43H60FN3O12. The van der Waals surface area contributed by atoms with Crippen LogP contribution >= 0.6 is 0 Å². The molecule has 4 unspecified atom stereocenters. The molecule has 3 aliphatic heterocycles. The molecule has 3 N–H and O–H groups in total. The van der Waals surface area contributed by atoms with Gasteiger partial charge in [0.05, 0.1) is 36.5 Å². The number of nitrogens with one attached hydrogen (secondary N) is 2. The van der Waals surface area contributed by atoms with Gasteiger partial charge in [0, 0.05) is 49.4 Å². The number of carbonyl (C=O) groups is 5. The van der Waals surface area contributed by atoms with Crippen LogP contribution in [0.15, 0.2) is 47.1 Å². The molecule has 0 aliphatic carbocycles. The van der Waals surface area contributed by atoms with Crippen LogP contribution in [-0.4, -0.2) is 127 Å². The third kappa shape index (κ3) is 9.72. The number of likely N-dealkylation sites (N-methyl/N-ethyl adjacent to an activating group) is 1. The molecule has 3 fully saturated rings. The summed E-state index contributed by atoms with van der Waals surface area (Å²) in [6, 6.07) is 9.36. The minimum atomic E-state index is -3.28. The minimum absolute atomic E-state index is 0.00489. The van der Waals surface area contributed by atoms with Gasteiger partial charge in [0.1, 0.15) is 23.8 Å². The molecule has 16 heteroatoms. The molecule has 4 heterocycles. The summed E-state index contributed by atoms with van der Waals surface area (Å²) in [5, 5.41) is 16.9. The van der Waals surface area contributed by atoms with Gasteiger partial charge >= 0.3 is 12.1 Å². The number of Topliss-reactive ketones (excluding diaryl/α,β-unsaturated/α-hetero) is 2. The van der Waals surface area contributed by atoms with Gasteiger partial charge in [0.25, 0.3) is 5.67 Å². The van der Waals surface area contributed by atoms with Crippen molar-refractivity contribution in [2.45, 2.75) is 134 Å². The number of furan rings is 1. The molecule has 3 aliphatic rings. The highest BCUT2D eigenvalue weighted by molar-refractivity contribution is 6.08. The van der Waals surface area contributed by atoms with Crippen LogP contribution in [0.25, 0.3) is 11.3 Å². The molecular weight excluding hydrogens is 769 g/mol. The van der Waals surface area contributed by atoms with Gasteiger partial charge in [-0.15, -0.1) is 0 Å². The molecule has 0 spiro atoms. The normalized spacial score (nSPS) is 37.2. The van der Waals surface area contributed by atoms with Crippen LogP contribution in [0.4, 0.5) is 9.18 Å². The number of amides is 2. The molecule has 13 atom stereocenters. The van der Waals surface area contributed by atoms with E-state index in [9.17, 15) is 29.1 Å². The Kier molecular flexibility index (Phi) is 14.1. The summed E-state index contributed by atoms with van der Waals surface area (Å²) >= 11 is 0. The maximum atomic E-state index is 17.0. The Balaban J connectivity index is 1.45. The van der Waals surface area contributed by atoms with Gasteiger partial charge in [-0.3, -0.25) is 14.4 Å². The molecule has 2 amide bonds. The molecule has 326 valence electrons. The first kappa shape index (κ1) is 45.9. The van der Waals surface area contributed by atoms with Gasteiger partial charge < -0.3 is 48.7 Å². The third-order valence-corrected chi connectivity index (χ3v) is 12.4. The van der Waals surface area contributed by atoms with Crippen LogP contribution in [0.3, 0.4) is 0 Å². The summed E-state index contributed by atoms with van der Waals surface area (Å²) in [4.78, 5) is 70.6. The number of alkyl halides is 1. The van der Waals surface area contributed by atoms with Crippen LogP contribution in [0.1, 0.15) is 73.3 Å². The maximum absolute atomic E-state index is 17.0. The van der Waals surface area contributed by atoms with E-state index in [1.54, 1.807) is 65.4 Å². The van der Waals surface area contributed by atoms with Crippen molar-refractivity contribution in [2.75, 3.05) is 27.7 Å². The maximum Gasteiger partial charge on any atom is 0.408 e. The molecule has 5 rings (SSSR count). The van der Waals surface area contributed by atoms with Gasteiger partial charge in [0.2, 0.25) is 5.91 Å². The number of fused-ring (bicyclic) bond motifs is 1. The molecule has 1 aromatic carbocycles. The number of nitrogens with zero attached hydrogens (tertiary/aromatic N) is 1. The molecule has 2 aromatic rings. The van der Waals surface area contributed by atoms with Gasteiger partial charge in [-0.25, -0.2) is 14.0 Å². The number of alkyl carbamates (subject to hydrolysis) is 1.